The van der Waals surface area contributed by atoms with E-state index in [-0.39, 0.29) is 39.8 Å². The number of hydrogen-bond acceptors (Lipinski definition) is 18. The van der Waals surface area contributed by atoms with Crippen LogP contribution in [0.15, 0.2) is 83.0 Å². The summed E-state index contributed by atoms with van der Waals surface area (Å²) in [7, 11) is -5.31. The number of rotatable bonds is 7. The van der Waals surface area contributed by atoms with Gasteiger partial charge in [0.25, 0.3) is 5.56 Å². The number of aromatic amines is 1. The summed E-state index contributed by atoms with van der Waals surface area (Å²) in [5, 5.41) is 9.49. The average molecular weight is 882 g/mol. The van der Waals surface area contributed by atoms with Gasteiger partial charge in [0.1, 0.15) is 47.8 Å². The molecule has 3 fully saturated rings. The number of halogens is 2. The van der Waals surface area contributed by atoms with Gasteiger partial charge in [-0.15, -0.1) is 0 Å². The van der Waals surface area contributed by atoms with Gasteiger partial charge >= 0.3 is 26.3 Å². The lowest BCUT2D eigenvalue weighted by Gasteiger charge is -2.27. The van der Waals surface area contributed by atoms with E-state index in [0.29, 0.717) is 21.5 Å². The van der Waals surface area contributed by atoms with Crippen molar-refractivity contribution in [3.63, 3.8) is 0 Å². The monoisotopic (exact) mass is 881 g/mol. The Morgan fingerprint density at radius 1 is 0.915 bits per heavy atom. The van der Waals surface area contributed by atoms with E-state index in [9.17, 15) is 33.5 Å². The molecule has 0 saturated carbocycles. The number of anilines is 1. The van der Waals surface area contributed by atoms with Crippen LogP contribution in [-0.4, -0.2) is 95.0 Å². The number of nitrogens with two attached hydrogens (primary N) is 1. The molecule has 21 nitrogen and oxygen atoms in total. The Hall–Kier alpha value is -4.87. The second kappa shape index (κ2) is 16.3. The molecule has 0 aliphatic carbocycles. The molecular weight excluding hydrogens is 850 g/mol. The molecule has 0 amide bonds. The highest BCUT2D eigenvalue weighted by atomic mass is 32.7. The van der Waals surface area contributed by atoms with E-state index in [1.807, 2.05) is 4.98 Å². The van der Waals surface area contributed by atoms with E-state index in [1.165, 1.54) is 48.5 Å². The van der Waals surface area contributed by atoms with Crippen LogP contribution < -0.4 is 21.7 Å². The Labute approximate surface area is 333 Å². The van der Waals surface area contributed by atoms with Gasteiger partial charge in [-0.1, -0.05) is 12.1 Å². The van der Waals surface area contributed by atoms with Crippen LogP contribution in [0.25, 0.3) is 11.2 Å². The molecule has 5 aromatic rings. The number of aromatic nitrogens is 6. The van der Waals surface area contributed by atoms with E-state index in [1.54, 1.807) is 0 Å². The molecule has 3 aromatic heterocycles. The maximum atomic E-state index is 16.7. The minimum atomic E-state index is -5.31. The Balaban J connectivity index is 1.08. The Morgan fingerprint density at radius 3 is 2.39 bits per heavy atom. The summed E-state index contributed by atoms with van der Waals surface area (Å²) in [5.41, 5.74) is 4.85. The number of phenolic OH excluding ortho intramolecular Hbond substituents is 1. The molecule has 26 heteroatoms. The topological polar surface area (TPSA) is 281 Å². The highest BCUT2D eigenvalue weighted by Gasteiger charge is 2.55. The Morgan fingerprint density at radius 2 is 1.64 bits per heavy atom. The Bertz CT molecular complexity index is 2590. The van der Waals surface area contributed by atoms with Crippen molar-refractivity contribution in [2.45, 2.75) is 55.0 Å². The number of imidazole rings is 1. The van der Waals surface area contributed by atoms with Gasteiger partial charge in [-0.05, 0) is 53.3 Å². The first-order chi connectivity index (χ1) is 28.2. The summed E-state index contributed by atoms with van der Waals surface area (Å²) < 4.78 is 102. The fraction of sp³-hybridized carbons (Fsp3) is 0.333. The number of esters is 1. The van der Waals surface area contributed by atoms with Crippen LogP contribution in [0.4, 0.5) is 14.6 Å². The quantitative estimate of drug-likeness (QED) is 0.104. The van der Waals surface area contributed by atoms with Crippen molar-refractivity contribution < 1.29 is 65.0 Å². The van der Waals surface area contributed by atoms with Crippen molar-refractivity contribution in [1.29, 1.82) is 0 Å². The number of nitrogen functional groups attached to an aromatic ring is 1. The van der Waals surface area contributed by atoms with Gasteiger partial charge in [0, 0.05) is 18.0 Å². The van der Waals surface area contributed by atoms with Gasteiger partial charge in [-0.25, -0.2) is 42.5 Å². The molecule has 3 aliphatic rings. The van der Waals surface area contributed by atoms with Crippen LogP contribution in [-0.2, 0) is 42.5 Å². The predicted octanol–water partition coefficient (Wildman–Crippen LogP) is 3.31. The third-order valence-electron chi connectivity index (χ3n) is 9.25. The molecule has 1 unspecified atom stereocenters. The molecule has 6 heterocycles. The zero-order chi connectivity index (χ0) is 41.6. The zero-order valence-electron chi connectivity index (χ0n) is 29.8. The van der Waals surface area contributed by atoms with Gasteiger partial charge in [-0.2, -0.15) is 0 Å². The lowest BCUT2D eigenvalue weighted by Crippen LogP contribution is -2.37. The highest BCUT2D eigenvalue weighted by molar-refractivity contribution is 8.54. The van der Waals surface area contributed by atoms with Crippen LogP contribution in [0, 0.1) is 0 Å². The van der Waals surface area contributed by atoms with Crippen molar-refractivity contribution in [2.75, 3.05) is 18.9 Å². The average Bonchev–Trinajstić information content (AvgIpc) is 3.86. The third kappa shape index (κ3) is 8.59. The molecule has 10 atom stereocenters. The number of carbonyl (C=O) groups is 1. The number of nitrogens with one attached hydrogen (secondary N) is 1. The largest absolute Gasteiger partial charge is 0.508 e. The summed E-state index contributed by atoms with van der Waals surface area (Å²) in [6.45, 7) is -6.50. The SMILES string of the molecule is Nc1ncnc2c1ncn2[C@@H]1O[C@@H]2COP(=O)(O)O[C@@H]3[C@H](F)[C@@H](CO[P@](=O)(SCc4ccc(OC(=O)c5ccc(O)cc5)cc4)O[C@H]2[C@H]1F)O[C@H]3n1ccc(=O)[nH]c1=O. The number of nitrogens with zero attached hydrogens (tertiary/aromatic N) is 5. The fourth-order valence-corrected chi connectivity index (χ4v) is 10.7. The van der Waals surface area contributed by atoms with Crippen LogP contribution >= 0.6 is 26.0 Å². The van der Waals surface area contributed by atoms with Gasteiger partial charge in [0.2, 0.25) is 0 Å². The lowest BCUT2D eigenvalue weighted by molar-refractivity contribution is -0.0652. The van der Waals surface area contributed by atoms with Crippen molar-refractivity contribution in [3.8, 4) is 11.5 Å². The van der Waals surface area contributed by atoms with Crippen molar-refractivity contribution in [3.05, 3.63) is 105 Å². The summed E-state index contributed by atoms with van der Waals surface area (Å²) >= 11 is 0.561. The Kier molecular flexibility index (Phi) is 11.3. The van der Waals surface area contributed by atoms with E-state index in [0.717, 1.165) is 29.5 Å². The molecule has 5 N–H and O–H groups in total. The predicted molar refractivity (Wildman–Crippen MR) is 199 cm³/mol. The number of aromatic hydroxyl groups is 1. The molecule has 59 heavy (non-hydrogen) atoms. The maximum absolute atomic E-state index is 16.7. The number of benzene rings is 2. The van der Waals surface area contributed by atoms with E-state index >= 15 is 8.78 Å². The van der Waals surface area contributed by atoms with Crippen molar-refractivity contribution in [2.24, 2.45) is 0 Å². The molecule has 0 radical (unpaired) electrons. The number of alkyl halides is 2. The van der Waals surface area contributed by atoms with E-state index in [2.05, 4.69) is 15.0 Å². The zero-order valence-corrected chi connectivity index (χ0v) is 32.4. The first-order valence-corrected chi connectivity index (χ1v) is 22.0. The van der Waals surface area contributed by atoms with E-state index < -0.39 is 94.3 Å². The number of phosphoric acid groups is 1. The second-order valence-corrected chi connectivity index (χ2v) is 18.6. The standard InChI is InChI=1S/C33H31F2N7O14P2S/c34-23-20-11-51-58(49,59-13-16-1-7-19(8-2-16)52-32(45)17-3-5-18(43)6-4-17)56-26-21(54-30(24(26)35)42-15-39-25-28(36)37-14-38-29(25)42)12-50-57(47,48)55-27(23)31(53-20)41-10-9-22(44)40-33(41)46/h1-10,14-15,20-21,23-24,26-27,30-31,43H,11-13H2,(H,47,48)(H2,36,37,38)(H,40,44,46)/t20-,21-,23-,24-,26-,27-,30-,31-,58+/m1/s1. The highest BCUT2D eigenvalue weighted by Crippen LogP contribution is 2.65. The van der Waals surface area contributed by atoms with Gasteiger partial charge in [-0.3, -0.25) is 37.0 Å². The van der Waals surface area contributed by atoms with E-state index in [4.69, 9.17) is 38.0 Å². The maximum Gasteiger partial charge on any atom is 0.472 e. The molecule has 3 saturated heterocycles. The number of phosphoric ester groups is 1. The molecule has 2 bridgehead atoms. The van der Waals surface area contributed by atoms with Crippen molar-refractivity contribution in [1.82, 2.24) is 29.1 Å². The van der Waals surface area contributed by atoms with Gasteiger partial charge in [0.15, 0.2) is 36.3 Å². The molecule has 8 rings (SSSR count). The van der Waals surface area contributed by atoms with Crippen LogP contribution in [0.5, 0.6) is 11.5 Å². The van der Waals surface area contributed by atoms with Crippen LogP contribution in [0.1, 0.15) is 28.4 Å². The van der Waals surface area contributed by atoms with Gasteiger partial charge < -0.3 is 29.9 Å². The van der Waals surface area contributed by atoms with Crippen LogP contribution in [0.2, 0.25) is 0 Å². The fourth-order valence-electron chi connectivity index (χ4n) is 6.36. The first kappa shape index (κ1) is 40.9. The molecular formula is C33H31F2N7O14P2S. The summed E-state index contributed by atoms with van der Waals surface area (Å²) in [5.74, 6) is -0.746. The summed E-state index contributed by atoms with van der Waals surface area (Å²) in [4.78, 5) is 61.8. The smallest absolute Gasteiger partial charge is 0.472 e. The summed E-state index contributed by atoms with van der Waals surface area (Å²) in [6, 6.07) is 12.3. The van der Waals surface area contributed by atoms with Crippen molar-refractivity contribution >= 4 is 49.0 Å². The molecule has 0 spiro atoms. The number of fused-ring (bicyclic) bond motifs is 4. The van der Waals surface area contributed by atoms with Gasteiger partial charge in [0.05, 0.1) is 25.1 Å². The number of ether oxygens (including phenoxy) is 3. The minimum absolute atomic E-state index is 0.0223. The normalized spacial score (nSPS) is 31.2. The molecule has 312 valence electrons. The summed E-state index contributed by atoms with van der Waals surface area (Å²) in [6.07, 6.45) is -11.9. The number of phenols is 1. The lowest BCUT2D eigenvalue weighted by atomic mass is 10.1. The third-order valence-corrected chi connectivity index (χ3v) is 13.9. The number of H-pyrrole nitrogens is 1. The minimum Gasteiger partial charge on any atom is -0.508 e. The molecule has 2 aromatic carbocycles. The second-order valence-electron chi connectivity index (χ2n) is 13.1. The molecule has 3 aliphatic heterocycles. The number of carbonyl (C=O) groups excluding carboxylic acids is 1. The van der Waals surface area contributed by atoms with Crippen LogP contribution in [0.3, 0.4) is 0 Å². The number of hydrogen-bond donors (Lipinski definition) is 4. The first-order valence-electron chi connectivity index (χ1n) is 17.3.